The van der Waals surface area contributed by atoms with E-state index in [1.54, 1.807) is 24.3 Å². The maximum absolute atomic E-state index is 13.0. The van der Waals surface area contributed by atoms with E-state index in [1.165, 1.54) is 45.6 Å². The van der Waals surface area contributed by atoms with Crippen LogP contribution in [-0.2, 0) is 4.84 Å². The molecule has 2 aliphatic rings. The molecular formula is C32H41N5O3. The van der Waals surface area contributed by atoms with Gasteiger partial charge in [-0.05, 0) is 68.3 Å². The smallest absolute Gasteiger partial charge is 0.255 e. The van der Waals surface area contributed by atoms with Crippen molar-refractivity contribution in [2.24, 2.45) is 4.99 Å². The molecule has 0 atom stereocenters. The van der Waals surface area contributed by atoms with Crippen LogP contribution in [0.3, 0.4) is 0 Å². The van der Waals surface area contributed by atoms with Crippen molar-refractivity contribution in [2.45, 2.75) is 70.8 Å². The molecule has 1 aliphatic heterocycles. The first-order valence-corrected chi connectivity index (χ1v) is 14.3. The van der Waals surface area contributed by atoms with Crippen molar-refractivity contribution >= 4 is 34.6 Å². The number of amides is 2. The van der Waals surface area contributed by atoms with Gasteiger partial charge in [0.25, 0.3) is 11.8 Å². The third-order valence-electron chi connectivity index (χ3n) is 7.30. The molecule has 2 amide bonds. The molecule has 0 aromatic heterocycles. The molecule has 0 unspecified atom stereocenters. The van der Waals surface area contributed by atoms with E-state index in [4.69, 9.17) is 9.83 Å². The van der Waals surface area contributed by atoms with Crippen LogP contribution in [0, 0.1) is 0 Å². The van der Waals surface area contributed by atoms with Gasteiger partial charge in [-0.3, -0.25) is 24.9 Å². The van der Waals surface area contributed by atoms with E-state index in [0.29, 0.717) is 29.8 Å². The Labute approximate surface area is 237 Å². The number of rotatable bonds is 9. The van der Waals surface area contributed by atoms with E-state index in [9.17, 15) is 9.59 Å². The van der Waals surface area contributed by atoms with Crippen molar-refractivity contribution in [3.8, 4) is 0 Å². The Morgan fingerprint density at radius 3 is 2.38 bits per heavy atom. The van der Waals surface area contributed by atoms with E-state index in [2.05, 4.69) is 21.4 Å². The summed E-state index contributed by atoms with van der Waals surface area (Å²) in [5.74, 6) is -0.208. The van der Waals surface area contributed by atoms with E-state index < -0.39 is 0 Å². The number of carbonyl (C=O) groups excluding carboxylic acids is 2. The topological polar surface area (TPSA) is 104 Å². The van der Waals surface area contributed by atoms with Crippen molar-refractivity contribution < 1.29 is 14.4 Å². The predicted molar refractivity (Wildman–Crippen MR) is 162 cm³/mol. The van der Waals surface area contributed by atoms with Gasteiger partial charge in [-0.25, -0.2) is 0 Å². The lowest BCUT2D eigenvalue weighted by Gasteiger charge is -2.20. The summed E-state index contributed by atoms with van der Waals surface area (Å²) in [7, 11) is 1.54. The van der Waals surface area contributed by atoms with E-state index >= 15 is 0 Å². The molecule has 40 heavy (non-hydrogen) atoms. The summed E-state index contributed by atoms with van der Waals surface area (Å²) in [4.78, 5) is 35.4. The number of hydrogen-bond donors (Lipinski definition) is 4. The molecule has 0 radical (unpaired) electrons. The molecule has 0 bridgehead atoms. The molecule has 4 rings (SSSR count). The normalized spacial score (nSPS) is 16.6. The highest BCUT2D eigenvalue weighted by Crippen LogP contribution is 2.30. The molecule has 212 valence electrons. The SMILES string of the molecule is C/C=C(\C=C/CC1=Nc2cc(C(=O)NC3CCCCCCCC3)ccc2NC1)NC(=O)c1ccc(NOC)cc1. The second-order valence-electron chi connectivity index (χ2n) is 10.3. The number of allylic oxidation sites excluding steroid dienone is 3. The fourth-order valence-electron chi connectivity index (χ4n) is 5.03. The Balaban J connectivity index is 1.33. The van der Waals surface area contributed by atoms with Crippen molar-refractivity contribution in [2.75, 3.05) is 24.5 Å². The van der Waals surface area contributed by atoms with Crippen molar-refractivity contribution in [1.29, 1.82) is 0 Å². The Kier molecular flexibility index (Phi) is 10.9. The first kappa shape index (κ1) is 29.1. The van der Waals surface area contributed by atoms with E-state index in [1.807, 2.05) is 43.4 Å². The highest BCUT2D eigenvalue weighted by Gasteiger charge is 2.17. The lowest BCUT2D eigenvalue weighted by atomic mass is 10.0. The second-order valence-corrected chi connectivity index (χ2v) is 10.3. The minimum atomic E-state index is -0.187. The predicted octanol–water partition coefficient (Wildman–Crippen LogP) is 6.67. The number of aliphatic imine (C=N–C) groups is 1. The Hall–Kier alpha value is -3.91. The largest absolute Gasteiger partial charge is 0.378 e. The molecule has 1 fully saturated rings. The van der Waals surface area contributed by atoms with Gasteiger partial charge in [0.2, 0.25) is 0 Å². The van der Waals surface area contributed by atoms with Gasteiger partial charge in [-0.15, -0.1) is 0 Å². The molecule has 1 saturated carbocycles. The summed E-state index contributed by atoms with van der Waals surface area (Å²) in [5.41, 5.74) is 8.07. The Morgan fingerprint density at radius 1 is 0.975 bits per heavy atom. The van der Waals surface area contributed by atoms with Crippen LogP contribution in [0.1, 0.15) is 85.4 Å². The fourth-order valence-corrected chi connectivity index (χ4v) is 5.03. The molecule has 0 spiro atoms. The highest BCUT2D eigenvalue weighted by atomic mass is 16.6. The molecule has 0 saturated heterocycles. The summed E-state index contributed by atoms with van der Waals surface area (Å²) < 4.78 is 0. The molecule has 8 nitrogen and oxygen atoms in total. The molecule has 2 aromatic carbocycles. The third-order valence-corrected chi connectivity index (χ3v) is 7.30. The van der Waals surface area contributed by atoms with Gasteiger partial charge >= 0.3 is 0 Å². The van der Waals surface area contributed by atoms with E-state index in [0.717, 1.165) is 35.6 Å². The number of benzene rings is 2. The van der Waals surface area contributed by atoms with Crippen LogP contribution >= 0.6 is 0 Å². The monoisotopic (exact) mass is 543 g/mol. The molecule has 1 aliphatic carbocycles. The van der Waals surface area contributed by atoms with Gasteiger partial charge in [-0.2, -0.15) is 0 Å². The lowest BCUT2D eigenvalue weighted by Crippen LogP contribution is -2.34. The second kappa shape index (κ2) is 15.0. The zero-order chi connectivity index (χ0) is 28.2. The Morgan fingerprint density at radius 2 is 1.68 bits per heavy atom. The Bertz CT molecular complexity index is 1240. The fraction of sp³-hybridized carbons (Fsp3) is 0.406. The molecule has 4 N–H and O–H groups in total. The van der Waals surface area contributed by atoms with Crippen molar-refractivity contribution in [1.82, 2.24) is 10.6 Å². The van der Waals surface area contributed by atoms with Crippen LogP contribution in [0.15, 0.2) is 71.4 Å². The summed E-state index contributed by atoms with van der Waals surface area (Å²) in [6, 6.07) is 13.0. The summed E-state index contributed by atoms with van der Waals surface area (Å²) in [5, 5.41) is 9.61. The van der Waals surface area contributed by atoms with Crippen molar-refractivity contribution in [3.63, 3.8) is 0 Å². The van der Waals surface area contributed by atoms with Crippen LogP contribution in [0.25, 0.3) is 0 Å². The zero-order valence-corrected chi connectivity index (χ0v) is 23.6. The number of fused-ring (bicyclic) bond motifs is 1. The number of nitrogens with zero attached hydrogens (tertiary/aromatic N) is 1. The van der Waals surface area contributed by atoms with Crippen LogP contribution in [0.5, 0.6) is 0 Å². The summed E-state index contributed by atoms with van der Waals surface area (Å²) in [6.07, 6.45) is 15.9. The van der Waals surface area contributed by atoms with Gasteiger partial charge in [0, 0.05) is 35.0 Å². The van der Waals surface area contributed by atoms with Crippen LogP contribution < -0.4 is 21.4 Å². The first-order valence-electron chi connectivity index (χ1n) is 14.3. The molecule has 1 heterocycles. The van der Waals surface area contributed by atoms with Gasteiger partial charge < -0.3 is 16.0 Å². The van der Waals surface area contributed by atoms with Crippen LogP contribution in [0.2, 0.25) is 0 Å². The highest BCUT2D eigenvalue weighted by molar-refractivity contribution is 6.00. The minimum Gasteiger partial charge on any atom is -0.378 e. The zero-order valence-electron chi connectivity index (χ0n) is 23.6. The average molecular weight is 544 g/mol. The van der Waals surface area contributed by atoms with Crippen LogP contribution in [-0.4, -0.2) is 37.2 Å². The molecular weight excluding hydrogens is 502 g/mol. The third kappa shape index (κ3) is 8.55. The van der Waals surface area contributed by atoms with Gasteiger partial charge in [0.05, 0.1) is 30.7 Å². The van der Waals surface area contributed by atoms with Crippen LogP contribution in [0.4, 0.5) is 17.1 Å². The van der Waals surface area contributed by atoms with Crippen molar-refractivity contribution in [3.05, 3.63) is 77.5 Å². The number of anilines is 2. The number of hydrogen-bond acceptors (Lipinski definition) is 6. The average Bonchev–Trinajstić information content (AvgIpc) is 3.10. The molecule has 8 heteroatoms. The lowest BCUT2D eigenvalue weighted by molar-refractivity contribution is 0.0930. The molecule has 2 aromatic rings. The quantitative estimate of drug-likeness (QED) is 0.209. The summed E-state index contributed by atoms with van der Waals surface area (Å²) >= 11 is 0. The van der Waals surface area contributed by atoms with Gasteiger partial charge in [-0.1, -0.05) is 50.7 Å². The maximum atomic E-state index is 13.0. The standard InChI is InChI=1S/C32H41N5O3/c1-3-25(35-31(38)23-15-18-27(19-16-23)37-40-2)13-10-14-28-22-33-29-20-17-24(21-30(29)34-28)32(39)36-26-11-8-6-4-5-7-9-12-26/h3,10,13,15-21,26,33,37H,4-9,11-12,14,22H2,1-2H3,(H,35,38)(H,36,39)/b13-10-,25-3+. The van der Waals surface area contributed by atoms with E-state index in [-0.39, 0.29) is 17.9 Å². The minimum absolute atomic E-state index is 0.0210. The van der Waals surface area contributed by atoms with Gasteiger partial charge in [0.15, 0.2) is 0 Å². The first-order chi connectivity index (χ1) is 19.6. The number of nitrogens with one attached hydrogen (secondary N) is 4. The maximum Gasteiger partial charge on any atom is 0.255 e. The van der Waals surface area contributed by atoms with Gasteiger partial charge in [0.1, 0.15) is 0 Å². The summed E-state index contributed by atoms with van der Waals surface area (Å²) in [6.45, 7) is 2.51. The number of carbonyl (C=O) groups is 2.